The van der Waals surface area contributed by atoms with Gasteiger partial charge in [-0.25, -0.2) is 12.7 Å². The van der Waals surface area contributed by atoms with Gasteiger partial charge in [0.1, 0.15) is 0 Å². The molecule has 1 aliphatic heterocycles. The van der Waals surface area contributed by atoms with E-state index in [1.165, 1.54) is 7.11 Å². The number of fused-ring (bicyclic) bond motifs is 1. The monoisotopic (exact) mass is 304 g/mol. The number of nitrogens with two attached hydrogens (primary N) is 1. The van der Waals surface area contributed by atoms with Gasteiger partial charge >= 0.3 is 5.97 Å². The summed E-state index contributed by atoms with van der Waals surface area (Å²) in [4.78, 5) is 11.0. The van der Waals surface area contributed by atoms with E-state index < -0.39 is 10.0 Å². The molecule has 1 aliphatic carbocycles. The highest BCUT2D eigenvalue weighted by Gasteiger charge is 2.42. The van der Waals surface area contributed by atoms with Crippen molar-refractivity contribution >= 4 is 16.0 Å². The van der Waals surface area contributed by atoms with Gasteiger partial charge < -0.3 is 10.5 Å². The van der Waals surface area contributed by atoms with Gasteiger partial charge in [0, 0.05) is 25.6 Å². The number of esters is 1. The average Bonchev–Trinajstić information content (AvgIpc) is 2.84. The van der Waals surface area contributed by atoms with Gasteiger partial charge in [-0.15, -0.1) is 0 Å². The number of sulfonamides is 1. The molecule has 0 bridgehead atoms. The Morgan fingerprint density at radius 1 is 1.35 bits per heavy atom. The standard InChI is InChI=1S/C13H24N2O4S/c1-19-13(16)6-3-7-20(17,18)15-8-10-4-2-5-12(14)11(10)9-15/h10-12H,2-9,14H2,1H3. The number of hydrogen-bond acceptors (Lipinski definition) is 5. The molecule has 1 heterocycles. The second kappa shape index (κ2) is 6.41. The third kappa shape index (κ3) is 3.51. The van der Waals surface area contributed by atoms with Crippen molar-refractivity contribution in [1.29, 1.82) is 0 Å². The molecular weight excluding hydrogens is 280 g/mol. The summed E-state index contributed by atoms with van der Waals surface area (Å²) in [5.41, 5.74) is 6.10. The minimum Gasteiger partial charge on any atom is -0.469 e. The number of nitrogens with zero attached hydrogens (tertiary/aromatic N) is 1. The Hall–Kier alpha value is -0.660. The van der Waals surface area contributed by atoms with E-state index in [4.69, 9.17) is 5.73 Å². The lowest BCUT2D eigenvalue weighted by atomic mass is 9.78. The first-order valence-corrected chi connectivity index (χ1v) is 8.85. The predicted octanol–water partition coefficient (Wildman–Crippen LogP) is 0.329. The van der Waals surface area contributed by atoms with Crippen molar-refractivity contribution in [2.45, 2.75) is 38.1 Å². The van der Waals surface area contributed by atoms with Crippen molar-refractivity contribution in [3.8, 4) is 0 Å². The molecule has 0 radical (unpaired) electrons. The third-order valence-corrected chi connectivity index (χ3v) is 6.41. The highest BCUT2D eigenvalue weighted by atomic mass is 32.2. The maximum absolute atomic E-state index is 12.3. The van der Waals surface area contributed by atoms with Gasteiger partial charge in [-0.1, -0.05) is 6.42 Å². The molecule has 0 aromatic carbocycles. The van der Waals surface area contributed by atoms with Crippen LogP contribution >= 0.6 is 0 Å². The first-order chi connectivity index (χ1) is 9.44. The van der Waals surface area contributed by atoms with E-state index in [1.54, 1.807) is 4.31 Å². The van der Waals surface area contributed by atoms with Crippen molar-refractivity contribution in [2.75, 3.05) is 26.0 Å². The van der Waals surface area contributed by atoms with Crippen LogP contribution < -0.4 is 5.73 Å². The number of hydrogen-bond donors (Lipinski definition) is 1. The van der Waals surface area contributed by atoms with Gasteiger partial charge in [-0.3, -0.25) is 4.79 Å². The van der Waals surface area contributed by atoms with Crippen molar-refractivity contribution in [3.63, 3.8) is 0 Å². The number of carbonyl (C=O) groups excluding carboxylic acids is 1. The van der Waals surface area contributed by atoms with E-state index in [0.717, 1.165) is 19.3 Å². The molecule has 7 heteroatoms. The summed E-state index contributed by atoms with van der Waals surface area (Å²) < 4.78 is 30.7. The Kier molecular flexibility index (Phi) is 5.04. The zero-order valence-corrected chi connectivity index (χ0v) is 12.8. The van der Waals surface area contributed by atoms with E-state index in [9.17, 15) is 13.2 Å². The molecule has 6 nitrogen and oxygen atoms in total. The first-order valence-electron chi connectivity index (χ1n) is 7.24. The molecule has 2 N–H and O–H groups in total. The molecule has 0 amide bonds. The van der Waals surface area contributed by atoms with Gasteiger partial charge in [0.15, 0.2) is 0 Å². The highest BCUT2D eigenvalue weighted by Crippen LogP contribution is 2.36. The molecule has 0 aromatic rings. The fourth-order valence-corrected chi connectivity index (χ4v) is 4.92. The van der Waals surface area contributed by atoms with Crippen LogP contribution in [-0.4, -0.2) is 50.7 Å². The summed E-state index contributed by atoms with van der Waals surface area (Å²) in [6.45, 7) is 1.14. The average molecular weight is 304 g/mol. The Morgan fingerprint density at radius 3 is 2.75 bits per heavy atom. The van der Waals surface area contributed by atoms with Crippen LogP contribution in [0.15, 0.2) is 0 Å². The second-order valence-corrected chi connectivity index (χ2v) is 7.92. The molecule has 2 fully saturated rings. The summed E-state index contributed by atoms with van der Waals surface area (Å²) >= 11 is 0. The first kappa shape index (κ1) is 15.7. The Bertz CT molecular complexity index is 451. The lowest BCUT2D eigenvalue weighted by Crippen LogP contribution is -2.38. The molecule has 116 valence electrons. The maximum atomic E-state index is 12.3. The van der Waals surface area contributed by atoms with Crippen LogP contribution in [0.25, 0.3) is 0 Å². The highest BCUT2D eigenvalue weighted by molar-refractivity contribution is 7.89. The molecule has 2 aliphatic rings. The van der Waals surface area contributed by atoms with E-state index in [2.05, 4.69) is 4.74 Å². The van der Waals surface area contributed by atoms with Gasteiger partial charge in [-0.2, -0.15) is 0 Å². The summed E-state index contributed by atoms with van der Waals surface area (Å²) in [6, 6.07) is 0.129. The second-order valence-electron chi connectivity index (χ2n) is 5.83. The number of rotatable bonds is 5. The van der Waals surface area contributed by atoms with Crippen molar-refractivity contribution < 1.29 is 17.9 Å². The van der Waals surface area contributed by atoms with Crippen molar-refractivity contribution in [3.05, 3.63) is 0 Å². The van der Waals surface area contributed by atoms with Gasteiger partial charge in [0.05, 0.1) is 12.9 Å². The van der Waals surface area contributed by atoms with Crippen LogP contribution in [-0.2, 0) is 19.6 Å². The largest absolute Gasteiger partial charge is 0.469 e. The maximum Gasteiger partial charge on any atom is 0.305 e. The Labute approximate surface area is 120 Å². The summed E-state index contributed by atoms with van der Waals surface area (Å²) in [5.74, 6) is 0.363. The zero-order valence-electron chi connectivity index (χ0n) is 12.0. The third-order valence-electron chi connectivity index (χ3n) is 4.52. The smallest absolute Gasteiger partial charge is 0.305 e. The molecule has 20 heavy (non-hydrogen) atoms. The van der Waals surface area contributed by atoms with E-state index in [0.29, 0.717) is 31.3 Å². The Balaban J connectivity index is 1.89. The van der Waals surface area contributed by atoms with Crippen LogP contribution in [0.2, 0.25) is 0 Å². The molecule has 0 spiro atoms. The summed E-state index contributed by atoms with van der Waals surface area (Å²) in [7, 11) is -1.97. The van der Waals surface area contributed by atoms with E-state index >= 15 is 0 Å². The minimum absolute atomic E-state index is 0.0107. The summed E-state index contributed by atoms with van der Waals surface area (Å²) in [5, 5.41) is 0. The van der Waals surface area contributed by atoms with Gasteiger partial charge in [-0.05, 0) is 31.1 Å². The lowest BCUT2D eigenvalue weighted by molar-refractivity contribution is -0.140. The fraction of sp³-hybridized carbons (Fsp3) is 0.923. The van der Waals surface area contributed by atoms with E-state index in [1.807, 2.05) is 0 Å². The SMILES string of the molecule is COC(=O)CCCS(=O)(=O)N1CC2CCCC(N)C2C1. The Morgan fingerprint density at radius 2 is 2.10 bits per heavy atom. The van der Waals surface area contributed by atoms with Crippen molar-refractivity contribution in [2.24, 2.45) is 17.6 Å². The lowest BCUT2D eigenvalue weighted by Gasteiger charge is -2.29. The normalized spacial score (nSPS) is 31.0. The fourth-order valence-electron chi connectivity index (χ4n) is 3.33. The van der Waals surface area contributed by atoms with Crippen LogP contribution in [0, 0.1) is 11.8 Å². The number of methoxy groups -OCH3 is 1. The molecule has 3 atom stereocenters. The van der Waals surface area contributed by atoms with Gasteiger partial charge in [0.2, 0.25) is 10.0 Å². The molecule has 1 saturated carbocycles. The minimum atomic E-state index is -3.28. The summed E-state index contributed by atoms with van der Waals surface area (Å²) in [6.07, 6.45) is 3.63. The zero-order chi connectivity index (χ0) is 14.8. The van der Waals surface area contributed by atoms with Crippen LogP contribution in [0.5, 0.6) is 0 Å². The number of ether oxygens (including phenoxy) is 1. The topological polar surface area (TPSA) is 89.7 Å². The quantitative estimate of drug-likeness (QED) is 0.739. The molecule has 2 rings (SSSR count). The number of carbonyl (C=O) groups is 1. The van der Waals surface area contributed by atoms with Crippen LogP contribution in [0.1, 0.15) is 32.1 Å². The van der Waals surface area contributed by atoms with Crippen LogP contribution in [0.4, 0.5) is 0 Å². The van der Waals surface area contributed by atoms with E-state index in [-0.39, 0.29) is 24.2 Å². The predicted molar refractivity (Wildman–Crippen MR) is 75.4 cm³/mol. The molecule has 0 aromatic heterocycles. The molecule has 3 unspecified atom stereocenters. The molecular formula is C13H24N2O4S. The van der Waals surface area contributed by atoms with Crippen molar-refractivity contribution in [1.82, 2.24) is 4.31 Å². The van der Waals surface area contributed by atoms with Crippen LogP contribution in [0.3, 0.4) is 0 Å². The van der Waals surface area contributed by atoms with Gasteiger partial charge in [0.25, 0.3) is 0 Å². The molecule has 1 saturated heterocycles.